The van der Waals surface area contributed by atoms with Crippen molar-refractivity contribution in [2.75, 3.05) is 19.6 Å². The lowest BCUT2D eigenvalue weighted by atomic mass is 9.83. The van der Waals surface area contributed by atoms with Crippen LogP contribution in [0.25, 0.3) is 0 Å². The first-order chi connectivity index (χ1) is 8.61. The van der Waals surface area contributed by atoms with Crippen molar-refractivity contribution in [1.29, 1.82) is 0 Å². The van der Waals surface area contributed by atoms with E-state index in [0.717, 1.165) is 26.1 Å². The van der Waals surface area contributed by atoms with Crippen LogP contribution in [0, 0.1) is 5.41 Å². The van der Waals surface area contributed by atoms with Gasteiger partial charge in [-0.2, -0.15) is 5.10 Å². The molecule has 0 aromatic carbocycles. The molecule has 1 aromatic heterocycles. The fourth-order valence-corrected chi connectivity index (χ4v) is 2.35. The van der Waals surface area contributed by atoms with Crippen LogP contribution >= 0.6 is 0 Å². The quantitative estimate of drug-likeness (QED) is 0.836. The monoisotopic (exact) mass is 250 g/mol. The Labute approximate surface area is 108 Å². The zero-order chi connectivity index (χ0) is 13.0. The maximum Gasteiger partial charge on any atom is 0.244 e. The number of aromatic nitrogens is 2. The van der Waals surface area contributed by atoms with E-state index in [-0.39, 0.29) is 17.4 Å². The van der Waals surface area contributed by atoms with E-state index in [1.807, 2.05) is 19.2 Å². The number of nitrogens with zero attached hydrogens (tertiary/aromatic N) is 2. The van der Waals surface area contributed by atoms with Gasteiger partial charge in [0.05, 0.1) is 0 Å². The van der Waals surface area contributed by atoms with Crippen LogP contribution in [0.5, 0.6) is 0 Å². The van der Waals surface area contributed by atoms with Gasteiger partial charge in [0, 0.05) is 25.5 Å². The summed E-state index contributed by atoms with van der Waals surface area (Å²) in [6.07, 6.45) is 5.85. The molecule has 0 radical (unpaired) electrons. The molecule has 1 fully saturated rings. The molecule has 2 heterocycles. The normalized spacial score (nSPS) is 25.7. The van der Waals surface area contributed by atoms with Gasteiger partial charge in [-0.1, -0.05) is 6.92 Å². The SMILES string of the molecule is CC(C(=O)NCC1(C)CCCNC1)n1cccn1. The molecule has 2 N–H and O–H groups in total. The molecular formula is C13H22N4O. The van der Waals surface area contributed by atoms with Crippen LogP contribution < -0.4 is 10.6 Å². The fourth-order valence-electron chi connectivity index (χ4n) is 2.35. The molecule has 5 heteroatoms. The number of piperidine rings is 1. The molecule has 2 rings (SSSR count). The van der Waals surface area contributed by atoms with E-state index in [4.69, 9.17) is 0 Å². The number of hydrogen-bond acceptors (Lipinski definition) is 3. The zero-order valence-corrected chi connectivity index (χ0v) is 11.1. The molecule has 0 saturated carbocycles. The number of rotatable bonds is 4. The summed E-state index contributed by atoms with van der Waals surface area (Å²) >= 11 is 0. The zero-order valence-electron chi connectivity index (χ0n) is 11.1. The summed E-state index contributed by atoms with van der Waals surface area (Å²) in [6.45, 7) is 6.88. The highest BCUT2D eigenvalue weighted by Gasteiger charge is 2.28. The topological polar surface area (TPSA) is 59.0 Å². The van der Waals surface area contributed by atoms with E-state index in [9.17, 15) is 4.79 Å². The highest BCUT2D eigenvalue weighted by atomic mass is 16.2. The van der Waals surface area contributed by atoms with Gasteiger partial charge in [-0.25, -0.2) is 0 Å². The Bertz CT molecular complexity index is 382. The summed E-state index contributed by atoms with van der Waals surface area (Å²) in [5.74, 6) is 0.0329. The summed E-state index contributed by atoms with van der Waals surface area (Å²) in [6, 6.07) is 1.58. The Morgan fingerprint density at radius 1 is 1.67 bits per heavy atom. The lowest BCUT2D eigenvalue weighted by Gasteiger charge is -2.34. The average Bonchev–Trinajstić information content (AvgIpc) is 2.90. The van der Waals surface area contributed by atoms with E-state index in [2.05, 4.69) is 22.7 Å². The van der Waals surface area contributed by atoms with Gasteiger partial charge in [0.15, 0.2) is 0 Å². The third-order valence-corrected chi connectivity index (χ3v) is 3.68. The Kier molecular flexibility index (Phi) is 4.01. The van der Waals surface area contributed by atoms with Crippen LogP contribution in [0.15, 0.2) is 18.5 Å². The van der Waals surface area contributed by atoms with Gasteiger partial charge in [0.25, 0.3) is 0 Å². The molecule has 1 aliphatic heterocycles. The van der Waals surface area contributed by atoms with E-state index < -0.39 is 0 Å². The summed E-state index contributed by atoms with van der Waals surface area (Å²) < 4.78 is 1.68. The van der Waals surface area contributed by atoms with Crippen molar-refractivity contribution in [2.24, 2.45) is 5.41 Å². The predicted molar refractivity (Wildman–Crippen MR) is 70.2 cm³/mol. The first kappa shape index (κ1) is 13.1. The van der Waals surface area contributed by atoms with Gasteiger partial charge in [-0.05, 0) is 37.8 Å². The van der Waals surface area contributed by atoms with Crippen LogP contribution in [0.2, 0.25) is 0 Å². The second-order valence-electron chi connectivity index (χ2n) is 5.47. The minimum Gasteiger partial charge on any atom is -0.354 e. The number of carbonyl (C=O) groups is 1. The molecule has 100 valence electrons. The maximum absolute atomic E-state index is 12.0. The summed E-state index contributed by atoms with van der Waals surface area (Å²) in [4.78, 5) is 12.0. The molecule has 2 atom stereocenters. The summed E-state index contributed by atoms with van der Waals surface area (Å²) in [7, 11) is 0. The highest BCUT2D eigenvalue weighted by Crippen LogP contribution is 2.24. The number of nitrogens with one attached hydrogen (secondary N) is 2. The minimum absolute atomic E-state index is 0.0329. The number of amides is 1. The van der Waals surface area contributed by atoms with Gasteiger partial charge in [0.2, 0.25) is 5.91 Å². The first-order valence-electron chi connectivity index (χ1n) is 6.58. The first-order valence-corrected chi connectivity index (χ1v) is 6.58. The average molecular weight is 250 g/mol. The minimum atomic E-state index is -0.250. The molecule has 0 aliphatic carbocycles. The second kappa shape index (κ2) is 5.52. The van der Waals surface area contributed by atoms with Gasteiger partial charge >= 0.3 is 0 Å². The van der Waals surface area contributed by atoms with Crippen molar-refractivity contribution >= 4 is 5.91 Å². The van der Waals surface area contributed by atoms with Crippen LogP contribution in [0.3, 0.4) is 0 Å². The van der Waals surface area contributed by atoms with E-state index in [1.54, 1.807) is 10.9 Å². The summed E-state index contributed by atoms with van der Waals surface area (Å²) in [5, 5.41) is 10.5. The molecule has 2 unspecified atom stereocenters. The number of hydrogen-bond donors (Lipinski definition) is 2. The Morgan fingerprint density at radius 3 is 3.11 bits per heavy atom. The molecule has 1 saturated heterocycles. The molecule has 1 amide bonds. The maximum atomic E-state index is 12.0. The standard InChI is InChI=1S/C13H22N4O/c1-11(17-8-4-7-16-17)12(18)15-10-13(2)5-3-6-14-9-13/h4,7-8,11,14H,3,5-6,9-10H2,1-2H3,(H,15,18). The van der Waals surface area contributed by atoms with Crippen molar-refractivity contribution in [3.05, 3.63) is 18.5 Å². The second-order valence-corrected chi connectivity index (χ2v) is 5.47. The third kappa shape index (κ3) is 3.10. The van der Waals surface area contributed by atoms with Gasteiger partial charge in [0.1, 0.15) is 6.04 Å². The molecule has 1 aromatic rings. The van der Waals surface area contributed by atoms with Gasteiger partial charge < -0.3 is 10.6 Å². The van der Waals surface area contributed by atoms with Crippen LogP contribution in [0.4, 0.5) is 0 Å². The molecule has 5 nitrogen and oxygen atoms in total. The highest BCUT2D eigenvalue weighted by molar-refractivity contribution is 5.79. The van der Waals surface area contributed by atoms with Gasteiger partial charge in [-0.3, -0.25) is 9.48 Å². The van der Waals surface area contributed by atoms with Crippen molar-refractivity contribution in [2.45, 2.75) is 32.7 Å². The van der Waals surface area contributed by atoms with Crippen LogP contribution in [0.1, 0.15) is 32.7 Å². The summed E-state index contributed by atoms with van der Waals surface area (Å²) in [5.41, 5.74) is 0.178. The van der Waals surface area contributed by atoms with Crippen LogP contribution in [-0.4, -0.2) is 35.3 Å². The smallest absolute Gasteiger partial charge is 0.244 e. The van der Waals surface area contributed by atoms with E-state index in [0.29, 0.717) is 0 Å². The molecule has 0 bridgehead atoms. The lowest BCUT2D eigenvalue weighted by Crippen LogP contribution is -2.46. The van der Waals surface area contributed by atoms with Crippen molar-refractivity contribution in [1.82, 2.24) is 20.4 Å². The molecular weight excluding hydrogens is 228 g/mol. The van der Waals surface area contributed by atoms with Gasteiger partial charge in [-0.15, -0.1) is 0 Å². The van der Waals surface area contributed by atoms with Crippen molar-refractivity contribution < 1.29 is 4.79 Å². The van der Waals surface area contributed by atoms with E-state index >= 15 is 0 Å². The Balaban J connectivity index is 1.84. The molecule has 0 spiro atoms. The molecule has 1 aliphatic rings. The van der Waals surface area contributed by atoms with Crippen molar-refractivity contribution in [3.8, 4) is 0 Å². The van der Waals surface area contributed by atoms with E-state index in [1.165, 1.54) is 6.42 Å². The Hall–Kier alpha value is -1.36. The number of carbonyl (C=O) groups excluding carboxylic acids is 1. The molecule has 18 heavy (non-hydrogen) atoms. The Morgan fingerprint density at radius 2 is 2.50 bits per heavy atom. The predicted octanol–water partition coefficient (Wildman–Crippen LogP) is 0.950. The largest absolute Gasteiger partial charge is 0.354 e. The fraction of sp³-hybridized carbons (Fsp3) is 0.692. The lowest BCUT2D eigenvalue weighted by molar-refractivity contribution is -0.124. The third-order valence-electron chi connectivity index (χ3n) is 3.68. The van der Waals surface area contributed by atoms with Crippen molar-refractivity contribution in [3.63, 3.8) is 0 Å². The van der Waals surface area contributed by atoms with Crippen LogP contribution in [-0.2, 0) is 4.79 Å².